The highest BCUT2D eigenvalue weighted by Crippen LogP contribution is 2.43. The fourth-order valence-corrected chi connectivity index (χ4v) is 5.45. The Morgan fingerprint density at radius 1 is 1.35 bits per heavy atom. The number of rotatable bonds is 6. The number of anilines is 1. The zero-order chi connectivity index (χ0) is 22.6. The van der Waals surface area contributed by atoms with E-state index in [1.165, 1.54) is 13.0 Å². The molecule has 168 valence electrons. The van der Waals surface area contributed by atoms with E-state index in [9.17, 15) is 9.46 Å². The first-order valence-electron chi connectivity index (χ1n) is 10.6. The molecule has 2 heterocycles. The third kappa shape index (κ3) is 6.12. The van der Waals surface area contributed by atoms with Gasteiger partial charge in [0.1, 0.15) is 12.0 Å². The fraction of sp³-hybridized carbons (Fsp3) is 0.500. The van der Waals surface area contributed by atoms with Gasteiger partial charge in [0.15, 0.2) is 18.9 Å². The maximum absolute atomic E-state index is 11.7. The van der Waals surface area contributed by atoms with Gasteiger partial charge in [-0.3, -0.25) is 10.3 Å². The number of hydrogen-bond donors (Lipinski definition) is 3. The number of aliphatic imine (C=N–C) groups is 1. The lowest BCUT2D eigenvalue weighted by atomic mass is 9.83. The molecule has 3 rings (SSSR count). The van der Waals surface area contributed by atoms with Gasteiger partial charge < -0.3 is 15.4 Å². The third-order valence-electron chi connectivity index (χ3n) is 5.59. The smallest absolute Gasteiger partial charge is 0.247 e. The van der Waals surface area contributed by atoms with Crippen molar-refractivity contribution in [2.24, 2.45) is 22.6 Å². The van der Waals surface area contributed by atoms with Gasteiger partial charge in [0, 0.05) is 18.4 Å². The molecule has 0 radical (unpaired) electrons. The van der Waals surface area contributed by atoms with E-state index in [-0.39, 0.29) is 11.7 Å². The summed E-state index contributed by atoms with van der Waals surface area (Å²) >= 11 is 0. The first-order valence-corrected chi connectivity index (χ1v) is 12.9. The fourth-order valence-electron chi connectivity index (χ4n) is 4.13. The lowest BCUT2D eigenvalue weighted by Gasteiger charge is -2.32. The summed E-state index contributed by atoms with van der Waals surface area (Å²) in [5, 5.41) is 0. The molecule has 5 N–H and O–H groups in total. The molecule has 9 heteroatoms. The largest absolute Gasteiger partial charge is 0.449 e. The number of aromatic nitrogens is 2. The average molecular weight is 446 g/mol. The summed E-state index contributed by atoms with van der Waals surface area (Å²) < 4.78 is 17.5. The van der Waals surface area contributed by atoms with Crippen LogP contribution in [0.25, 0.3) is 0 Å². The van der Waals surface area contributed by atoms with Gasteiger partial charge in [0.25, 0.3) is 0 Å². The van der Waals surface area contributed by atoms with Crippen LogP contribution in [0, 0.1) is 11.8 Å². The van der Waals surface area contributed by atoms with Gasteiger partial charge in [-0.25, -0.2) is 9.98 Å². The lowest BCUT2D eigenvalue weighted by molar-refractivity contribution is 0.158. The van der Waals surface area contributed by atoms with Crippen LogP contribution < -0.4 is 16.2 Å². The Labute approximate surface area is 183 Å². The molecule has 1 aromatic rings. The van der Waals surface area contributed by atoms with Crippen molar-refractivity contribution < 1.29 is 14.2 Å². The number of nitrogens with two attached hydrogens (primary N) is 2. The van der Waals surface area contributed by atoms with Crippen LogP contribution in [-0.2, 0) is 4.57 Å². The number of ether oxygens (including phenoxy) is 1. The Morgan fingerprint density at radius 3 is 2.71 bits per heavy atom. The van der Waals surface area contributed by atoms with Gasteiger partial charge in [0.2, 0.25) is 11.6 Å². The maximum atomic E-state index is 11.7. The first kappa shape index (κ1) is 23.4. The molecule has 8 nitrogen and oxygen atoms in total. The topological polar surface area (TPSA) is 137 Å². The van der Waals surface area contributed by atoms with E-state index in [1.807, 2.05) is 31.2 Å². The van der Waals surface area contributed by atoms with Gasteiger partial charge in [-0.15, -0.1) is 0 Å². The van der Waals surface area contributed by atoms with E-state index in [1.54, 1.807) is 6.92 Å². The quantitative estimate of drug-likeness (QED) is 0.445. The van der Waals surface area contributed by atoms with Crippen molar-refractivity contribution in [2.45, 2.75) is 45.3 Å². The van der Waals surface area contributed by atoms with Crippen LogP contribution >= 0.6 is 7.37 Å². The summed E-state index contributed by atoms with van der Waals surface area (Å²) in [6.07, 6.45) is 15.8. The highest BCUT2D eigenvalue weighted by molar-refractivity contribution is 7.57. The van der Waals surface area contributed by atoms with Crippen LogP contribution in [0.2, 0.25) is 0 Å². The molecule has 0 aromatic carbocycles. The summed E-state index contributed by atoms with van der Waals surface area (Å²) in [7, 11) is -2.94. The minimum Gasteiger partial charge on any atom is -0.449 e. The van der Waals surface area contributed by atoms with Crippen LogP contribution in [-0.4, -0.2) is 39.1 Å². The maximum Gasteiger partial charge on any atom is 0.247 e. The SMILES string of the molecule is C\C=C/C(=C\C=C\[C@H]1CC[C@H](CP(C)(=O)O)CC1)C1=Nc2c(N)ncnc2OC1(C)N. The predicted molar refractivity (Wildman–Crippen MR) is 125 cm³/mol. The molecule has 1 aliphatic carbocycles. The number of hydrogen-bond acceptors (Lipinski definition) is 7. The summed E-state index contributed by atoms with van der Waals surface area (Å²) in [5.41, 5.74) is 12.9. The van der Waals surface area contributed by atoms with Crippen LogP contribution in [0.15, 0.2) is 47.3 Å². The van der Waals surface area contributed by atoms with Crippen molar-refractivity contribution in [1.82, 2.24) is 9.97 Å². The van der Waals surface area contributed by atoms with E-state index >= 15 is 0 Å². The molecule has 1 aliphatic heterocycles. The van der Waals surface area contributed by atoms with Crippen LogP contribution in [0.5, 0.6) is 5.88 Å². The van der Waals surface area contributed by atoms with E-state index in [4.69, 9.17) is 16.2 Å². The number of nitrogen functional groups attached to an aromatic ring is 1. The molecule has 0 amide bonds. The normalized spacial score (nSPS) is 28.8. The van der Waals surface area contributed by atoms with Gasteiger partial charge in [-0.2, -0.15) is 4.98 Å². The van der Waals surface area contributed by atoms with Crippen molar-refractivity contribution >= 4 is 24.6 Å². The van der Waals surface area contributed by atoms with Crippen molar-refractivity contribution in [3.63, 3.8) is 0 Å². The number of allylic oxidation sites excluding steroid dienone is 5. The Balaban J connectivity index is 1.76. The van der Waals surface area contributed by atoms with Crippen molar-refractivity contribution in [2.75, 3.05) is 18.6 Å². The van der Waals surface area contributed by atoms with Crippen LogP contribution in [0.1, 0.15) is 39.5 Å². The van der Waals surface area contributed by atoms with E-state index in [2.05, 4.69) is 21.0 Å². The van der Waals surface area contributed by atoms with Gasteiger partial charge in [-0.05, 0) is 51.4 Å². The zero-order valence-electron chi connectivity index (χ0n) is 18.4. The Morgan fingerprint density at radius 2 is 2.06 bits per heavy atom. The second-order valence-electron chi connectivity index (χ2n) is 8.60. The average Bonchev–Trinajstić information content (AvgIpc) is 2.67. The first-order chi connectivity index (χ1) is 14.6. The van der Waals surface area contributed by atoms with E-state index < -0.39 is 13.1 Å². The molecule has 2 unspecified atom stereocenters. The standard InChI is InChI=1S/C22H32N5O3P/c1-4-6-17(8-5-7-15-9-11-16(12-10-15)13-31(3,28)29)19-22(2,24)30-21-18(27-19)20(23)25-14-26-21/h4-8,14-16H,9-13,24H2,1-3H3,(H,28,29)(H2,23,25,26)/b6-4-,7-5+,17-8+/t15-,16-,22?. The molecule has 2 atom stereocenters. The molecule has 0 saturated heterocycles. The summed E-state index contributed by atoms with van der Waals surface area (Å²) in [6, 6.07) is 0. The monoisotopic (exact) mass is 445 g/mol. The Bertz CT molecular complexity index is 969. The number of fused-ring (bicyclic) bond motifs is 1. The molecule has 2 aliphatic rings. The van der Waals surface area contributed by atoms with Gasteiger partial charge in [-0.1, -0.05) is 30.4 Å². The second kappa shape index (κ2) is 9.47. The second-order valence-corrected chi connectivity index (χ2v) is 11.1. The highest BCUT2D eigenvalue weighted by Gasteiger charge is 2.36. The predicted octanol–water partition coefficient (Wildman–Crippen LogP) is 3.96. The molecule has 1 aromatic heterocycles. The van der Waals surface area contributed by atoms with Crippen molar-refractivity contribution in [3.05, 3.63) is 42.3 Å². The zero-order valence-corrected chi connectivity index (χ0v) is 19.3. The molecular formula is C22H32N5O3P. The molecule has 1 saturated carbocycles. The van der Waals surface area contributed by atoms with Gasteiger partial charge in [0.05, 0.1) is 0 Å². The highest BCUT2D eigenvalue weighted by atomic mass is 31.2. The summed E-state index contributed by atoms with van der Waals surface area (Å²) in [5.74, 6) is 1.31. The van der Waals surface area contributed by atoms with Crippen LogP contribution in [0.4, 0.5) is 11.5 Å². The minimum absolute atomic E-state index is 0.240. The van der Waals surface area contributed by atoms with Gasteiger partial charge >= 0.3 is 0 Å². The van der Waals surface area contributed by atoms with Crippen molar-refractivity contribution in [1.29, 1.82) is 0 Å². The molecule has 0 bridgehead atoms. The van der Waals surface area contributed by atoms with Crippen molar-refractivity contribution in [3.8, 4) is 5.88 Å². The van der Waals surface area contributed by atoms with Crippen LogP contribution in [0.3, 0.4) is 0 Å². The Hall–Kier alpha value is -2.28. The molecule has 0 spiro atoms. The molecule has 31 heavy (non-hydrogen) atoms. The minimum atomic E-state index is -2.94. The molecular weight excluding hydrogens is 413 g/mol. The Kier molecular flexibility index (Phi) is 7.14. The van der Waals surface area contributed by atoms with E-state index in [0.717, 1.165) is 31.3 Å². The summed E-state index contributed by atoms with van der Waals surface area (Å²) in [4.78, 5) is 22.3. The third-order valence-corrected chi connectivity index (χ3v) is 6.78. The summed E-state index contributed by atoms with van der Waals surface area (Å²) in [6.45, 7) is 5.12. The number of nitrogens with zero attached hydrogens (tertiary/aromatic N) is 3. The van der Waals surface area contributed by atoms with E-state index in [0.29, 0.717) is 29.4 Å². The lowest BCUT2D eigenvalue weighted by Crippen LogP contribution is -2.52. The molecule has 1 fully saturated rings.